The van der Waals surface area contributed by atoms with Crippen LogP contribution in [0.4, 0.5) is 4.79 Å². The molecule has 1 fully saturated rings. The maximum Gasteiger partial charge on any atom is 0.407 e. The molecule has 1 aliphatic rings. The van der Waals surface area contributed by atoms with Crippen molar-refractivity contribution in [3.63, 3.8) is 0 Å². The van der Waals surface area contributed by atoms with E-state index >= 15 is 0 Å². The van der Waals surface area contributed by atoms with Crippen molar-refractivity contribution in [2.45, 2.75) is 39.3 Å². The van der Waals surface area contributed by atoms with Crippen molar-refractivity contribution in [3.8, 4) is 5.88 Å². The molecule has 3 rings (SSSR count). The first-order chi connectivity index (χ1) is 11.3. The van der Waals surface area contributed by atoms with Crippen molar-refractivity contribution in [3.05, 3.63) is 29.0 Å². The number of pyridine rings is 2. The number of fused-ring (bicyclic) bond motifs is 1. The fraction of sp³-hybridized carbons (Fsp3) is 0.471. The maximum absolute atomic E-state index is 11.6. The molecule has 6 nitrogen and oxygen atoms in total. The number of hydrogen-bond acceptors (Lipinski definition) is 4. The Bertz CT molecular complexity index is 775. The first-order valence-electron chi connectivity index (χ1n) is 7.83. The second kappa shape index (κ2) is 6.20. The predicted octanol–water partition coefficient (Wildman–Crippen LogP) is 3.94. The van der Waals surface area contributed by atoms with E-state index in [0.717, 1.165) is 5.39 Å². The van der Waals surface area contributed by atoms with Gasteiger partial charge in [-0.1, -0.05) is 26.8 Å². The second-order valence-electron chi connectivity index (χ2n) is 7.12. The van der Waals surface area contributed by atoms with Crippen LogP contribution in [0.5, 0.6) is 5.88 Å². The largest absolute Gasteiger partial charge is 0.471 e. The van der Waals surface area contributed by atoms with Gasteiger partial charge in [0, 0.05) is 24.0 Å². The highest BCUT2D eigenvalue weighted by atomic mass is 79.9. The van der Waals surface area contributed by atoms with Crippen LogP contribution in [0, 0.1) is 5.41 Å². The number of amides is 1. The smallest absolute Gasteiger partial charge is 0.407 e. The summed E-state index contributed by atoms with van der Waals surface area (Å²) in [6.45, 7) is 6.47. The molecule has 1 aliphatic heterocycles. The zero-order valence-electron chi connectivity index (χ0n) is 13.9. The number of hydrogen-bond donors (Lipinski definition) is 1. The van der Waals surface area contributed by atoms with Crippen LogP contribution >= 0.6 is 15.9 Å². The molecule has 1 N–H and O–H groups in total. The number of aromatic nitrogens is 2. The van der Waals surface area contributed by atoms with E-state index in [-0.39, 0.29) is 17.6 Å². The Labute approximate surface area is 149 Å². The Morgan fingerprint density at radius 2 is 2.21 bits per heavy atom. The Kier molecular flexibility index (Phi) is 4.38. The fourth-order valence-electron chi connectivity index (χ4n) is 3.18. The number of likely N-dealkylation sites (tertiary alicyclic amines) is 1. The SMILES string of the molecule is CC(C)(C)C1CC(Oc2nc(Br)cc3cccnc23)CN1C(=O)O. The van der Waals surface area contributed by atoms with Crippen molar-refractivity contribution in [2.24, 2.45) is 5.41 Å². The van der Waals surface area contributed by atoms with Gasteiger partial charge >= 0.3 is 6.09 Å². The molecular weight excluding hydrogens is 374 g/mol. The van der Waals surface area contributed by atoms with E-state index in [1.165, 1.54) is 4.90 Å². The van der Waals surface area contributed by atoms with Gasteiger partial charge in [0.1, 0.15) is 16.2 Å². The van der Waals surface area contributed by atoms with E-state index in [1.54, 1.807) is 6.20 Å². The van der Waals surface area contributed by atoms with E-state index in [4.69, 9.17) is 4.74 Å². The summed E-state index contributed by atoms with van der Waals surface area (Å²) in [5, 5.41) is 10.4. The van der Waals surface area contributed by atoms with Gasteiger partial charge in [-0.05, 0) is 33.5 Å². The average molecular weight is 394 g/mol. The van der Waals surface area contributed by atoms with Crippen molar-refractivity contribution in [1.29, 1.82) is 0 Å². The number of ether oxygens (including phenoxy) is 1. The van der Waals surface area contributed by atoms with Gasteiger partial charge in [0.25, 0.3) is 0 Å². The number of carbonyl (C=O) groups is 1. The van der Waals surface area contributed by atoms with Gasteiger partial charge < -0.3 is 14.7 Å². The van der Waals surface area contributed by atoms with E-state index < -0.39 is 6.09 Å². The molecule has 24 heavy (non-hydrogen) atoms. The lowest BCUT2D eigenvalue weighted by molar-refractivity contribution is 0.105. The minimum absolute atomic E-state index is 0.0913. The van der Waals surface area contributed by atoms with Gasteiger partial charge in [-0.2, -0.15) is 0 Å². The molecule has 2 unspecified atom stereocenters. The third kappa shape index (κ3) is 3.31. The first-order valence-corrected chi connectivity index (χ1v) is 8.62. The Morgan fingerprint density at radius 1 is 1.46 bits per heavy atom. The van der Waals surface area contributed by atoms with Gasteiger partial charge in [0.05, 0.1) is 6.54 Å². The molecule has 0 radical (unpaired) electrons. The van der Waals surface area contributed by atoms with E-state index in [9.17, 15) is 9.90 Å². The van der Waals surface area contributed by atoms with Crippen LogP contribution < -0.4 is 4.74 Å². The van der Waals surface area contributed by atoms with Crippen molar-refractivity contribution in [1.82, 2.24) is 14.9 Å². The maximum atomic E-state index is 11.6. The summed E-state index contributed by atoms with van der Waals surface area (Å²) in [6, 6.07) is 5.59. The Balaban J connectivity index is 1.89. The highest BCUT2D eigenvalue weighted by Gasteiger charge is 2.43. The molecule has 0 saturated carbocycles. The van der Waals surface area contributed by atoms with Gasteiger partial charge in [0.2, 0.25) is 5.88 Å². The molecule has 2 atom stereocenters. The molecule has 0 bridgehead atoms. The van der Waals surface area contributed by atoms with Gasteiger partial charge in [0.15, 0.2) is 0 Å². The number of rotatable bonds is 2. The molecule has 1 saturated heterocycles. The highest BCUT2D eigenvalue weighted by molar-refractivity contribution is 9.10. The third-order valence-electron chi connectivity index (χ3n) is 4.31. The zero-order valence-corrected chi connectivity index (χ0v) is 15.4. The normalized spacial score (nSPS) is 21.2. The fourth-order valence-corrected chi connectivity index (χ4v) is 3.59. The topological polar surface area (TPSA) is 75.6 Å². The first kappa shape index (κ1) is 17.0. The lowest BCUT2D eigenvalue weighted by atomic mass is 9.85. The lowest BCUT2D eigenvalue weighted by Gasteiger charge is -2.32. The van der Waals surface area contributed by atoms with E-state index in [2.05, 4.69) is 25.9 Å². The summed E-state index contributed by atoms with van der Waals surface area (Å²) in [7, 11) is 0. The quantitative estimate of drug-likeness (QED) is 0.781. The molecule has 3 heterocycles. The summed E-state index contributed by atoms with van der Waals surface area (Å²) in [4.78, 5) is 21.8. The molecule has 1 amide bonds. The minimum atomic E-state index is -0.911. The molecular formula is C17H20BrN3O3. The third-order valence-corrected chi connectivity index (χ3v) is 4.72. The number of nitrogens with zero attached hydrogens (tertiary/aromatic N) is 3. The molecule has 2 aromatic rings. The number of carboxylic acid groups (broad SMARTS) is 1. The monoisotopic (exact) mass is 393 g/mol. The Hall–Kier alpha value is -1.89. The number of halogens is 1. The van der Waals surface area contributed by atoms with E-state index in [0.29, 0.717) is 29.0 Å². The van der Waals surface area contributed by atoms with Gasteiger partial charge in [-0.25, -0.2) is 9.78 Å². The van der Waals surface area contributed by atoms with Crippen LogP contribution in [0.3, 0.4) is 0 Å². The van der Waals surface area contributed by atoms with Crippen LogP contribution in [0.25, 0.3) is 10.9 Å². The summed E-state index contributed by atoms with van der Waals surface area (Å²) in [5.74, 6) is 0.435. The van der Waals surface area contributed by atoms with Crippen LogP contribution in [0.15, 0.2) is 29.0 Å². The van der Waals surface area contributed by atoms with Crippen molar-refractivity contribution < 1.29 is 14.6 Å². The minimum Gasteiger partial charge on any atom is -0.471 e. The average Bonchev–Trinajstić information content (AvgIpc) is 2.91. The zero-order chi connectivity index (χ0) is 17.5. The van der Waals surface area contributed by atoms with Gasteiger partial charge in [-0.3, -0.25) is 4.98 Å². The molecule has 0 spiro atoms. The standard InChI is InChI=1S/C17H20BrN3O3/c1-17(2,3)12-8-11(9-21(12)16(22)23)24-15-14-10(5-4-6-19-14)7-13(18)20-15/h4-7,11-12H,8-9H2,1-3H3,(H,22,23). The summed E-state index contributed by atoms with van der Waals surface area (Å²) < 4.78 is 6.73. The molecule has 7 heteroatoms. The lowest BCUT2D eigenvalue weighted by Crippen LogP contribution is -2.42. The van der Waals surface area contributed by atoms with Crippen LogP contribution in [0.1, 0.15) is 27.2 Å². The summed E-state index contributed by atoms with van der Waals surface area (Å²) in [5.41, 5.74) is 0.531. The van der Waals surface area contributed by atoms with Crippen LogP contribution in [-0.2, 0) is 0 Å². The molecule has 0 aliphatic carbocycles. The van der Waals surface area contributed by atoms with Crippen LogP contribution in [-0.4, -0.2) is 44.8 Å². The highest BCUT2D eigenvalue weighted by Crippen LogP contribution is 2.35. The van der Waals surface area contributed by atoms with Crippen molar-refractivity contribution >= 4 is 32.9 Å². The Morgan fingerprint density at radius 3 is 2.83 bits per heavy atom. The van der Waals surface area contributed by atoms with Gasteiger partial charge in [-0.15, -0.1) is 0 Å². The summed E-state index contributed by atoms with van der Waals surface area (Å²) in [6.07, 6.45) is 1.18. The van der Waals surface area contributed by atoms with E-state index in [1.807, 2.05) is 39.0 Å². The molecule has 0 aromatic carbocycles. The predicted molar refractivity (Wildman–Crippen MR) is 94.2 cm³/mol. The summed E-state index contributed by atoms with van der Waals surface area (Å²) >= 11 is 3.39. The molecule has 2 aromatic heterocycles. The second-order valence-corrected chi connectivity index (χ2v) is 7.93. The van der Waals surface area contributed by atoms with Crippen molar-refractivity contribution in [2.75, 3.05) is 6.54 Å². The van der Waals surface area contributed by atoms with Crippen LogP contribution in [0.2, 0.25) is 0 Å². The molecule has 128 valence electrons.